The van der Waals surface area contributed by atoms with E-state index in [-0.39, 0.29) is 35.1 Å². The van der Waals surface area contributed by atoms with Crippen molar-refractivity contribution in [3.8, 4) is 11.5 Å². The van der Waals surface area contributed by atoms with Crippen LogP contribution >= 0.6 is 34.2 Å². The normalized spacial score (nSPS) is 17.6. The van der Waals surface area contributed by atoms with Crippen LogP contribution in [0.5, 0.6) is 11.5 Å². The number of aromatic hydroxyl groups is 2. The van der Waals surface area contributed by atoms with Crippen LogP contribution in [0.1, 0.15) is 50.6 Å². The van der Waals surface area contributed by atoms with Gasteiger partial charge in [0.25, 0.3) is 11.8 Å². The molecule has 2 aliphatic rings. The molecule has 5 aromatic carbocycles. The average molecular weight is 689 g/mol. The van der Waals surface area contributed by atoms with E-state index in [2.05, 4.69) is 29.5 Å². The Morgan fingerprint density at radius 2 is 1.24 bits per heavy atom. The van der Waals surface area contributed by atoms with E-state index in [1.165, 1.54) is 0 Å². The van der Waals surface area contributed by atoms with Crippen molar-refractivity contribution in [2.75, 3.05) is 28.8 Å². The van der Waals surface area contributed by atoms with Crippen LogP contribution < -0.4 is 9.80 Å². The second kappa shape index (κ2) is 10.2. The number of amides is 2. The molecule has 2 N–H and O–H groups in total. The lowest BCUT2D eigenvalue weighted by Gasteiger charge is -2.21. The Kier molecular flexibility index (Phi) is 6.55. The van der Waals surface area contributed by atoms with E-state index in [0.717, 1.165) is 36.2 Å². The standard InChI is InChI=1S/C34H26ClIN2O4/c1-18-16-37(27-13-29(39)23-6-2-4-8-25(23)31(18)27)33(41)19-10-20(12-22(36)11-19)34(42)38-17-21(15-35)32-26-9-5-3-7-24(26)30(40)14-28(32)38/h2-14,18,21,39-40H,15-17H2,1H3/t18-,21-/m1/s1. The van der Waals surface area contributed by atoms with Gasteiger partial charge in [0.1, 0.15) is 11.5 Å². The van der Waals surface area contributed by atoms with Gasteiger partial charge in [0, 0.05) is 68.4 Å². The minimum absolute atomic E-state index is 0.0782. The van der Waals surface area contributed by atoms with Gasteiger partial charge in [0.2, 0.25) is 0 Å². The fourth-order valence-electron chi connectivity index (χ4n) is 6.65. The number of alkyl halides is 1. The van der Waals surface area contributed by atoms with Gasteiger partial charge in [-0.05, 0) is 62.7 Å². The number of carbonyl (C=O) groups is 2. The average Bonchev–Trinajstić information content (AvgIpc) is 3.53. The molecule has 5 aromatic rings. The van der Waals surface area contributed by atoms with E-state index in [4.69, 9.17) is 11.6 Å². The number of rotatable bonds is 3. The van der Waals surface area contributed by atoms with Gasteiger partial charge in [-0.1, -0.05) is 55.5 Å². The lowest BCUT2D eigenvalue weighted by molar-refractivity contribution is 0.0987. The molecule has 8 heteroatoms. The van der Waals surface area contributed by atoms with Crippen molar-refractivity contribution in [2.24, 2.45) is 0 Å². The van der Waals surface area contributed by atoms with Crippen LogP contribution in [0.3, 0.4) is 0 Å². The number of carbonyl (C=O) groups excluding carboxylic acids is 2. The molecule has 0 saturated heterocycles. The van der Waals surface area contributed by atoms with Gasteiger partial charge in [-0.2, -0.15) is 0 Å². The molecule has 210 valence electrons. The summed E-state index contributed by atoms with van der Waals surface area (Å²) < 4.78 is 0.755. The van der Waals surface area contributed by atoms with E-state index in [1.807, 2.05) is 48.5 Å². The number of hydrogen-bond acceptors (Lipinski definition) is 4. The van der Waals surface area contributed by atoms with Gasteiger partial charge < -0.3 is 20.0 Å². The number of hydrogen-bond donors (Lipinski definition) is 2. The van der Waals surface area contributed by atoms with E-state index < -0.39 is 0 Å². The Morgan fingerprint density at radius 3 is 1.79 bits per heavy atom. The highest BCUT2D eigenvalue weighted by molar-refractivity contribution is 14.1. The summed E-state index contributed by atoms with van der Waals surface area (Å²) in [4.78, 5) is 31.4. The summed E-state index contributed by atoms with van der Waals surface area (Å²) >= 11 is 8.52. The summed E-state index contributed by atoms with van der Waals surface area (Å²) in [6, 6.07) is 23.8. The van der Waals surface area contributed by atoms with Crippen molar-refractivity contribution in [3.63, 3.8) is 0 Å². The lowest BCUT2D eigenvalue weighted by atomic mass is 9.95. The third-order valence-corrected chi connectivity index (χ3v) is 9.49. The predicted octanol–water partition coefficient (Wildman–Crippen LogP) is 7.76. The summed E-state index contributed by atoms with van der Waals surface area (Å²) in [7, 11) is 0. The summed E-state index contributed by atoms with van der Waals surface area (Å²) in [5.74, 6) is 0.0624. The molecule has 2 atom stereocenters. The molecule has 2 amide bonds. The quantitative estimate of drug-likeness (QED) is 0.150. The van der Waals surface area contributed by atoms with Gasteiger partial charge in [-0.3, -0.25) is 9.59 Å². The highest BCUT2D eigenvalue weighted by Gasteiger charge is 2.36. The molecule has 0 unspecified atom stereocenters. The number of halogens is 2. The van der Waals surface area contributed by atoms with Crippen LogP contribution in [0.15, 0.2) is 78.9 Å². The van der Waals surface area contributed by atoms with Crippen LogP contribution in [0, 0.1) is 3.57 Å². The molecule has 42 heavy (non-hydrogen) atoms. The smallest absolute Gasteiger partial charge is 0.258 e. The fourth-order valence-corrected chi connectivity index (χ4v) is 7.58. The predicted molar refractivity (Wildman–Crippen MR) is 176 cm³/mol. The zero-order valence-corrected chi connectivity index (χ0v) is 25.6. The Bertz CT molecular complexity index is 1960. The molecule has 2 heterocycles. The van der Waals surface area contributed by atoms with Crippen molar-refractivity contribution in [3.05, 3.63) is 105 Å². The first-order valence-corrected chi connectivity index (χ1v) is 15.4. The van der Waals surface area contributed by atoms with Crippen molar-refractivity contribution in [1.82, 2.24) is 0 Å². The minimum atomic E-state index is -0.259. The number of benzene rings is 5. The van der Waals surface area contributed by atoms with Crippen molar-refractivity contribution < 1.29 is 19.8 Å². The largest absolute Gasteiger partial charge is 0.507 e. The molecule has 6 nitrogen and oxygen atoms in total. The van der Waals surface area contributed by atoms with Crippen molar-refractivity contribution in [1.29, 1.82) is 0 Å². The Labute approximate surface area is 261 Å². The Morgan fingerprint density at radius 1 is 0.762 bits per heavy atom. The van der Waals surface area contributed by atoms with Crippen LogP contribution in [0.25, 0.3) is 21.5 Å². The van der Waals surface area contributed by atoms with Crippen LogP contribution in [-0.4, -0.2) is 41.0 Å². The van der Waals surface area contributed by atoms with Gasteiger partial charge >= 0.3 is 0 Å². The summed E-state index contributed by atoms with van der Waals surface area (Å²) in [6.45, 7) is 2.93. The van der Waals surface area contributed by atoms with Crippen LogP contribution in [-0.2, 0) is 0 Å². The SMILES string of the molecule is C[C@@H]1CN(C(=O)c2cc(I)cc(C(=O)N3C[C@@H](CCl)c4c3cc(O)c3ccccc43)c2)c2cc(O)c3ccccc3c21. The van der Waals surface area contributed by atoms with Gasteiger partial charge in [0.15, 0.2) is 0 Å². The lowest BCUT2D eigenvalue weighted by Crippen LogP contribution is -2.32. The molecular weight excluding hydrogens is 663 g/mol. The second-order valence-corrected chi connectivity index (χ2v) is 12.6. The molecule has 0 aromatic heterocycles. The molecule has 0 spiro atoms. The summed E-state index contributed by atoms with van der Waals surface area (Å²) in [5.41, 5.74) is 4.09. The number of phenolic OH excluding ortho intramolecular Hbond substituents is 2. The molecule has 0 bridgehead atoms. The van der Waals surface area contributed by atoms with Crippen molar-refractivity contribution in [2.45, 2.75) is 18.8 Å². The maximum Gasteiger partial charge on any atom is 0.258 e. The number of fused-ring (bicyclic) bond motifs is 6. The van der Waals surface area contributed by atoms with Gasteiger partial charge in [-0.15, -0.1) is 11.6 Å². The Hall–Kier alpha value is -3.82. The van der Waals surface area contributed by atoms with Crippen LogP contribution in [0.2, 0.25) is 0 Å². The molecule has 2 aliphatic heterocycles. The molecule has 0 saturated carbocycles. The van der Waals surface area contributed by atoms with Crippen molar-refractivity contribution >= 4 is 78.9 Å². The molecule has 7 rings (SSSR count). The second-order valence-electron chi connectivity index (χ2n) is 11.1. The molecular formula is C34H26ClIN2O4. The van der Waals surface area contributed by atoms with E-state index in [1.54, 1.807) is 40.1 Å². The topological polar surface area (TPSA) is 81.1 Å². The highest BCUT2D eigenvalue weighted by Crippen LogP contribution is 2.47. The zero-order valence-electron chi connectivity index (χ0n) is 22.6. The van der Waals surface area contributed by atoms with E-state index in [9.17, 15) is 19.8 Å². The van der Waals surface area contributed by atoms with Gasteiger partial charge in [-0.25, -0.2) is 0 Å². The van der Waals surface area contributed by atoms with Crippen LogP contribution in [0.4, 0.5) is 11.4 Å². The van der Waals surface area contributed by atoms with E-state index in [0.29, 0.717) is 41.5 Å². The molecule has 0 aliphatic carbocycles. The number of nitrogens with zero attached hydrogens (tertiary/aromatic N) is 2. The number of anilines is 2. The summed E-state index contributed by atoms with van der Waals surface area (Å²) in [5, 5.41) is 24.9. The Balaban J connectivity index is 1.27. The van der Waals surface area contributed by atoms with E-state index >= 15 is 0 Å². The highest BCUT2D eigenvalue weighted by atomic mass is 127. The summed E-state index contributed by atoms with van der Waals surface area (Å²) in [6.07, 6.45) is 0. The first kappa shape index (κ1) is 27.0. The molecule has 0 fully saturated rings. The third-order valence-electron chi connectivity index (χ3n) is 8.50. The minimum Gasteiger partial charge on any atom is -0.507 e. The third kappa shape index (κ3) is 4.13. The zero-order chi connectivity index (χ0) is 29.3. The fraction of sp³-hybridized carbons (Fsp3) is 0.176. The maximum atomic E-state index is 14.0. The monoisotopic (exact) mass is 688 g/mol. The first-order valence-electron chi connectivity index (χ1n) is 13.8. The maximum absolute atomic E-state index is 14.0. The first-order chi connectivity index (χ1) is 20.3. The van der Waals surface area contributed by atoms with Gasteiger partial charge in [0.05, 0.1) is 11.4 Å². The molecule has 0 radical (unpaired) electrons. The number of phenols is 2.